The lowest BCUT2D eigenvalue weighted by molar-refractivity contribution is -0.256. The lowest BCUT2D eigenvalue weighted by Gasteiger charge is -2.26. The lowest BCUT2D eigenvalue weighted by Crippen LogP contribution is -2.40. The number of hydrogen-bond acceptors (Lipinski definition) is 6. The van der Waals surface area contributed by atoms with E-state index in [1.807, 2.05) is 0 Å². The number of hydrogen-bond donors (Lipinski definition) is 3. The van der Waals surface area contributed by atoms with E-state index in [1.165, 1.54) is 83.5 Å². The molecule has 0 rings (SSSR count). The third kappa shape index (κ3) is 17.0. The minimum atomic E-state index is -2.75. The normalized spacial score (nSPS) is 16.4. The Hall–Kier alpha value is -0.200. The molecule has 0 bridgehead atoms. The van der Waals surface area contributed by atoms with Crippen LogP contribution in [0.1, 0.15) is 130 Å². The van der Waals surface area contributed by atoms with Gasteiger partial charge in [0.1, 0.15) is 5.44 Å². The molecule has 33 heavy (non-hydrogen) atoms. The van der Waals surface area contributed by atoms with Gasteiger partial charge in [-0.05, 0) is 18.8 Å². The van der Waals surface area contributed by atoms with Crippen LogP contribution in [-0.2, 0) is 18.8 Å². The molecule has 0 saturated carbocycles. The Morgan fingerprint density at radius 3 is 1.79 bits per heavy atom. The number of unbranched alkanes of at least 4 members (excludes halogenated alkanes) is 11. The van der Waals surface area contributed by atoms with Gasteiger partial charge < -0.3 is 14.9 Å². The third-order valence-electron chi connectivity index (χ3n) is 6.09. The van der Waals surface area contributed by atoms with E-state index in [-0.39, 0.29) is 0 Å². The fourth-order valence-corrected chi connectivity index (χ4v) is 4.72. The molecule has 0 aromatic heterocycles. The van der Waals surface area contributed by atoms with Gasteiger partial charge in [-0.15, -0.1) is 12.6 Å². The highest BCUT2D eigenvalue weighted by molar-refractivity contribution is 7.80. The van der Waals surface area contributed by atoms with Crippen LogP contribution in [-0.4, -0.2) is 33.4 Å². The fraction of sp³-hybridized carbons (Fsp3) is 0.960. The molecule has 6 nitrogen and oxygen atoms in total. The molecule has 196 valence electrons. The molecule has 0 aliphatic carbocycles. The number of ether oxygens (including phenoxy) is 2. The number of thiol groups is 1. The number of aliphatic hydroxyl groups is 1. The molecule has 5 atom stereocenters. The van der Waals surface area contributed by atoms with Crippen LogP contribution in [0, 0.1) is 5.92 Å². The van der Waals surface area contributed by atoms with E-state index in [2.05, 4.69) is 26.5 Å². The van der Waals surface area contributed by atoms with Crippen LogP contribution >= 0.6 is 21.1 Å². The van der Waals surface area contributed by atoms with Crippen LogP contribution in [0.15, 0.2) is 0 Å². The van der Waals surface area contributed by atoms with Crippen molar-refractivity contribution in [2.45, 2.75) is 147 Å². The van der Waals surface area contributed by atoms with E-state index < -0.39 is 31.7 Å². The maximum Gasteiger partial charge on any atom is 0.472 e. The van der Waals surface area contributed by atoms with Crippen LogP contribution < -0.4 is 0 Å². The zero-order valence-corrected chi connectivity index (χ0v) is 23.1. The lowest BCUT2D eigenvalue weighted by atomic mass is 9.92. The van der Waals surface area contributed by atoms with Crippen molar-refractivity contribution in [3.8, 4) is 0 Å². The number of carboxylic acids is 1. The van der Waals surface area contributed by atoms with Gasteiger partial charge in [-0.25, -0.2) is 4.79 Å². The summed E-state index contributed by atoms with van der Waals surface area (Å²) >= 11 is 4.56. The highest BCUT2D eigenvalue weighted by Crippen LogP contribution is 2.29. The second-order valence-corrected chi connectivity index (χ2v) is 10.6. The SMILES string of the molecule is CCCCCCCCCCCCC(CCCCC)CC(S)OC(CC)OC(O)([PH+]=O)C(=O)O. The zero-order valence-electron chi connectivity index (χ0n) is 21.2. The van der Waals surface area contributed by atoms with E-state index >= 15 is 0 Å². The summed E-state index contributed by atoms with van der Waals surface area (Å²) in [5, 5.41) is 18.9. The second-order valence-electron chi connectivity index (χ2n) is 9.17. The first-order chi connectivity index (χ1) is 15.8. The van der Waals surface area contributed by atoms with Gasteiger partial charge in [0.15, 0.2) is 6.29 Å². The first-order valence-corrected chi connectivity index (χ1v) is 14.6. The van der Waals surface area contributed by atoms with E-state index in [0.717, 1.165) is 19.3 Å². The highest BCUT2D eigenvalue weighted by atomic mass is 32.1. The largest absolute Gasteiger partial charge is 0.474 e. The first-order valence-electron chi connectivity index (χ1n) is 13.2. The smallest absolute Gasteiger partial charge is 0.472 e. The summed E-state index contributed by atoms with van der Waals surface area (Å²) in [5.74, 6) is -1.20. The van der Waals surface area contributed by atoms with Crippen LogP contribution in [0.4, 0.5) is 0 Å². The first kappa shape index (κ1) is 32.8. The number of carbonyl (C=O) groups is 1. The monoisotopic (exact) mass is 509 g/mol. The molecule has 0 aliphatic rings. The van der Waals surface area contributed by atoms with Gasteiger partial charge >= 0.3 is 20.0 Å². The summed E-state index contributed by atoms with van der Waals surface area (Å²) in [6, 6.07) is 0. The van der Waals surface area contributed by atoms with Gasteiger partial charge in [0.05, 0.1) is 0 Å². The molecule has 0 aromatic rings. The molecule has 0 amide bonds. The van der Waals surface area contributed by atoms with Crippen molar-refractivity contribution >= 4 is 27.1 Å². The predicted molar refractivity (Wildman–Crippen MR) is 139 cm³/mol. The highest BCUT2D eigenvalue weighted by Gasteiger charge is 2.50. The average Bonchev–Trinajstić information content (AvgIpc) is 2.79. The van der Waals surface area contributed by atoms with Crippen molar-refractivity contribution in [3.63, 3.8) is 0 Å². The summed E-state index contributed by atoms with van der Waals surface area (Å²) < 4.78 is 22.0. The quantitative estimate of drug-likeness (QED) is 0.0535. The van der Waals surface area contributed by atoms with E-state index in [4.69, 9.17) is 14.6 Å². The number of rotatable bonds is 24. The zero-order chi connectivity index (χ0) is 25.0. The molecular formula is C25H50O6PS+. The molecule has 0 heterocycles. The minimum absolute atomic E-state index is 0.316. The van der Waals surface area contributed by atoms with Gasteiger partial charge in [0, 0.05) is 0 Å². The molecule has 8 heteroatoms. The predicted octanol–water partition coefficient (Wildman–Crippen LogP) is 7.66. The summed E-state index contributed by atoms with van der Waals surface area (Å²) in [4.78, 5) is 11.1. The summed E-state index contributed by atoms with van der Waals surface area (Å²) in [7, 11) is -1.55. The van der Waals surface area contributed by atoms with E-state index in [1.54, 1.807) is 6.92 Å². The molecule has 5 unspecified atom stereocenters. The standard InChI is InChI=1S/C25H49O6PS/c1-4-7-9-10-11-12-13-14-15-17-19-21(18-16-8-5-2)20-23(33)30-22(6-3)31-25(28,32-29)24(26)27/h21-23,28,33H,4-20H2,1-3H3,(H,26,27)/p+1. The summed E-state index contributed by atoms with van der Waals surface area (Å²) in [6.07, 6.45) is 19.1. The van der Waals surface area contributed by atoms with Crippen molar-refractivity contribution in [2.24, 2.45) is 5.92 Å². The van der Waals surface area contributed by atoms with Crippen LogP contribution in [0.5, 0.6) is 0 Å². The Balaban J connectivity index is 4.41. The molecule has 0 fully saturated rings. The summed E-state index contributed by atoms with van der Waals surface area (Å²) in [6.45, 7) is 6.21. The van der Waals surface area contributed by atoms with E-state index in [0.29, 0.717) is 12.3 Å². The second kappa shape index (κ2) is 21.1. The van der Waals surface area contributed by atoms with Crippen molar-refractivity contribution in [2.75, 3.05) is 0 Å². The molecular weight excluding hydrogens is 459 g/mol. The molecule has 0 radical (unpaired) electrons. The Labute approximate surface area is 209 Å². The van der Waals surface area contributed by atoms with Crippen molar-refractivity contribution in [1.29, 1.82) is 0 Å². The maximum absolute atomic E-state index is 11.1. The van der Waals surface area contributed by atoms with Crippen LogP contribution in [0.25, 0.3) is 0 Å². The molecule has 0 spiro atoms. The fourth-order valence-electron chi connectivity index (χ4n) is 4.02. The topological polar surface area (TPSA) is 93.1 Å². The van der Waals surface area contributed by atoms with Gasteiger partial charge in [-0.3, -0.25) is 4.74 Å². The van der Waals surface area contributed by atoms with Crippen molar-refractivity contribution in [3.05, 3.63) is 0 Å². The molecule has 0 aromatic carbocycles. The van der Waals surface area contributed by atoms with Crippen molar-refractivity contribution in [1.82, 2.24) is 0 Å². The van der Waals surface area contributed by atoms with Crippen molar-refractivity contribution < 1.29 is 29.0 Å². The third-order valence-corrected chi connectivity index (χ3v) is 7.03. The molecule has 2 N–H and O–H groups in total. The van der Waals surface area contributed by atoms with Gasteiger partial charge in [-0.2, -0.15) is 0 Å². The van der Waals surface area contributed by atoms with Gasteiger partial charge in [0.25, 0.3) is 0 Å². The Morgan fingerprint density at radius 1 is 0.879 bits per heavy atom. The molecule has 0 aliphatic heterocycles. The Bertz CT molecular complexity index is 496. The number of carboxylic acid groups (broad SMARTS) is 1. The Morgan fingerprint density at radius 2 is 1.33 bits per heavy atom. The number of aliphatic carboxylic acids is 1. The van der Waals surface area contributed by atoms with E-state index in [9.17, 15) is 14.5 Å². The van der Waals surface area contributed by atoms with Crippen LogP contribution in [0.2, 0.25) is 0 Å². The van der Waals surface area contributed by atoms with Crippen LogP contribution in [0.3, 0.4) is 0 Å². The van der Waals surface area contributed by atoms with Gasteiger partial charge in [-0.1, -0.05) is 122 Å². The maximum atomic E-state index is 11.1. The summed E-state index contributed by atoms with van der Waals surface area (Å²) in [5.41, 5.74) is -3.18. The van der Waals surface area contributed by atoms with Gasteiger partial charge in [0.2, 0.25) is 0 Å². The molecule has 0 saturated heterocycles. The minimum Gasteiger partial charge on any atom is -0.474 e. The average molecular weight is 510 g/mol. The Kier molecular flexibility index (Phi) is 21.0.